The van der Waals surface area contributed by atoms with Gasteiger partial charge >= 0.3 is 11.9 Å². The number of rotatable bonds is 8. The molecular weight excluding hydrogens is 503 g/mol. The largest absolute Gasteiger partial charge is 0.497 e. The monoisotopic (exact) mass is 532 g/mol. The third kappa shape index (κ3) is 5.77. The lowest BCUT2D eigenvalue weighted by Gasteiger charge is -2.18. The van der Waals surface area contributed by atoms with Crippen molar-refractivity contribution in [3.05, 3.63) is 77.7 Å². The van der Waals surface area contributed by atoms with Gasteiger partial charge in [-0.15, -0.1) is 0 Å². The van der Waals surface area contributed by atoms with E-state index in [1.54, 1.807) is 57.2 Å². The quantitative estimate of drug-likeness (QED) is 0.201. The van der Waals surface area contributed by atoms with Crippen LogP contribution in [-0.2, 0) is 11.3 Å². The van der Waals surface area contributed by atoms with Crippen LogP contribution in [0.3, 0.4) is 0 Å². The number of pyridine rings is 1. The van der Waals surface area contributed by atoms with Gasteiger partial charge in [0.2, 0.25) is 0 Å². The molecule has 39 heavy (non-hydrogen) atoms. The van der Waals surface area contributed by atoms with E-state index in [-0.39, 0.29) is 29.2 Å². The molecule has 0 radical (unpaired) electrons. The summed E-state index contributed by atoms with van der Waals surface area (Å²) < 4.78 is 32.4. The molecule has 0 spiro atoms. The maximum Gasteiger partial charge on any atom is 0.339 e. The van der Waals surface area contributed by atoms with E-state index in [1.807, 2.05) is 12.1 Å². The molecule has 2 N–H and O–H groups in total. The molecule has 0 saturated heterocycles. The average Bonchev–Trinajstić information content (AvgIpc) is 2.91. The maximum absolute atomic E-state index is 16.1. The molecular formula is C30H29FN2O6. The summed E-state index contributed by atoms with van der Waals surface area (Å²) >= 11 is 0. The van der Waals surface area contributed by atoms with Crippen molar-refractivity contribution in [2.24, 2.45) is 5.41 Å². The van der Waals surface area contributed by atoms with Gasteiger partial charge in [0, 0.05) is 29.9 Å². The Kier molecular flexibility index (Phi) is 7.71. The molecule has 1 aromatic heterocycles. The zero-order valence-corrected chi connectivity index (χ0v) is 22.3. The number of carboxylic acids is 1. The van der Waals surface area contributed by atoms with Crippen molar-refractivity contribution in [1.82, 2.24) is 4.98 Å². The van der Waals surface area contributed by atoms with E-state index in [9.17, 15) is 14.7 Å². The molecule has 202 valence electrons. The Morgan fingerprint density at radius 1 is 1.00 bits per heavy atom. The number of carboxylic acid groups (broad SMARTS) is 1. The normalized spacial score (nSPS) is 11.2. The number of hydrogen-bond acceptors (Lipinski definition) is 7. The summed E-state index contributed by atoms with van der Waals surface area (Å²) in [5.41, 5.74) is -0.389. The lowest BCUT2D eigenvalue weighted by Crippen LogP contribution is -2.25. The van der Waals surface area contributed by atoms with Crippen LogP contribution in [0.25, 0.3) is 22.0 Å². The summed E-state index contributed by atoms with van der Waals surface area (Å²) in [5.74, 6) is -1.34. The van der Waals surface area contributed by atoms with Crippen molar-refractivity contribution in [3.8, 4) is 28.5 Å². The van der Waals surface area contributed by atoms with E-state index in [0.717, 1.165) is 6.20 Å². The van der Waals surface area contributed by atoms with Gasteiger partial charge in [0.05, 0.1) is 25.3 Å². The highest BCUT2D eigenvalue weighted by molar-refractivity contribution is 6.00. The minimum atomic E-state index is -1.34. The summed E-state index contributed by atoms with van der Waals surface area (Å²) in [6.07, 6.45) is 1.11. The lowest BCUT2D eigenvalue weighted by molar-refractivity contribution is -0.142. The number of nitrogens with zero attached hydrogens (tertiary/aromatic N) is 1. The SMILES string of the molecule is COc1ccc(CNc2c(C(=O)O)cnc(-c3cc(OC(=O)C(C)(C)C)cc4ccccc34)c2F)c(OC)c1. The predicted octanol–water partition coefficient (Wildman–Crippen LogP) is 6.32. The molecule has 0 aliphatic heterocycles. The molecule has 0 amide bonds. The second kappa shape index (κ2) is 11.0. The van der Waals surface area contributed by atoms with Crippen molar-refractivity contribution < 1.29 is 33.3 Å². The first-order valence-electron chi connectivity index (χ1n) is 12.2. The van der Waals surface area contributed by atoms with Crippen molar-refractivity contribution in [3.63, 3.8) is 0 Å². The zero-order valence-electron chi connectivity index (χ0n) is 22.3. The first kappa shape index (κ1) is 27.4. The number of carbonyl (C=O) groups is 2. The summed E-state index contributed by atoms with van der Waals surface area (Å²) in [7, 11) is 3.03. The molecule has 1 heterocycles. The Hall–Kier alpha value is -4.66. The fourth-order valence-corrected chi connectivity index (χ4v) is 3.99. The van der Waals surface area contributed by atoms with Gasteiger partial charge in [-0.3, -0.25) is 9.78 Å². The number of methoxy groups -OCH3 is 2. The number of benzene rings is 3. The Balaban J connectivity index is 1.81. The molecule has 9 heteroatoms. The zero-order chi connectivity index (χ0) is 28.3. The second-order valence-electron chi connectivity index (χ2n) is 9.88. The van der Waals surface area contributed by atoms with E-state index in [4.69, 9.17) is 14.2 Å². The van der Waals surface area contributed by atoms with E-state index in [0.29, 0.717) is 33.4 Å². The van der Waals surface area contributed by atoms with Crippen molar-refractivity contribution in [1.29, 1.82) is 0 Å². The molecule has 0 aliphatic carbocycles. The van der Waals surface area contributed by atoms with E-state index < -0.39 is 23.2 Å². The molecule has 0 bridgehead atoms. The average molecular weight is 533 g/mol. The Morgan fingerprint density at radius 3 is 2.41 bits per heavy atom. The van der Waals surface area contributed by atoms with Gasteiger partial charge in [-0.1, -0.05) is 24.3 Å². The Bertz CT molecular complexity index is 1560. The van der Waals surface area contributed by atoms with Crippen molar-refractivity contribution in [2.75, 3.05) is 19.5 Å². The topological polar surface area (TPSA) is 107 Å². The lowest BCUT2D eigenvalue weighted by atomic mass is 9.97. The molecule has 0 aliphatic rings. The molecule has 4 aromatic rings. The van der Waals surface area contributed by atoms with Crippen LogP contribution in [0.1, 0.15) is 36.7 Å². The highest BCUT2D eigenvalue weighted by Gasteiger charge is 2.26. The molecule has 4 rings (SSSR count). The van der Waals surface area contributed by atoms with Crippen LogP contribution in [0.2, 0.25) is 0 Å². The van der Waals surface area contributed by atoms with Crippen LogP contribution in [-0.4, -0.2) is 36.2 Å². The van der Waals surface area contributed by atoms with Gasteiger partial charge in [0.1, 0.15) is 28.5 Å². The minimum absolute atomic E-state index is 0.0673. The van der Waals surface area contributed by atoms with Gasteiger partial charge in [-0.2, -0.15) is 0 Å². The standard InChI is InChI=1S/C30H29FN2O6/c1-30(2,3)29(36)39-20-12-17-8-6-7-9-21(17)22(13-20)26-25(31)27(23(16-33-26)28(34)35)32-15-18-10-11-19(37-4)14-24(18)38-5/h6-14,16H,15H2,1-5H3,(H,32,33)(H,34,35). The van der Waals surface area contributed by atoms with Crippen molar-refractivity contribution >= 4 is 28.4 Å². The van der Waals surface area contributed by atoms with Gasteiger partial charge in [-0.05, 0) is 55.8 Å². The van der Waals surface area contributed by atoms with Crippen LogP contribution in [0.15, 0.2) is 60.8 Å². The highest BCUT2D eigenvalue weighted by atomic mass is 19.1. The number of fused-ring (bicyclic) bond motifs is 1. The van der Waals surface area contributed by atoms with E-state index >= 15 is 4.39 Å². The van der Waals surface area contributed by atoms with Gasteiger partial charge in [0.15, 0.2) is 5.82 Å². The molecule has 0 atom stereocenters. The number of halogens is 1. The second-order valence-corrected chi connectivity index (χ2v) is 9.88. The molecule has 8 nitrogen and oxygen atoms in total. The van der Waals surface area contributed by atoms with Gasteiger partial charge in [0.25, 0.3) is 0 Å². The van der Waals surface area contributed by atoms with Gasteiger partial charge < -0.3 is 24.6 Å². The van der Waals surface area contributed by atoms with Crippen LogP contribution < -0.4 is 19.5 Å². The molecule has 0 fully saturated rings. The van der Waals surface area contributed by atoms with E-state index in [1.165, 1.54) is 20.3 Å². The summed E-state index contributed by atoms with van der Waals surface area (Å²) in [6, 6.07) is 15.6. The summed E-state index contributed by atoms with van der Waals surface area (Å²) in [6.45, 7) is 5.27. The number of aromatic carboxylic acids is 1. The van der Waals surface area contributed by atoms with Crippen molar-refractivity contribution in [2.45, 2.75) is 27.3 Å². The number of ether oxygens (including phenoxy) is 3. The van der Waals surface area contributed by atoms with Gasteiger partial charge in [-0.25, -0.2) is 9.18 Å². The molecule has 3 aromatic carbocycles. The number of aromatic nitrogens is 1. The number of esters is 1. The number of anilines is 1. The number of nitrogens with one attached hydrogen (secondary N) is 1. The van der Waals surface area contributed by atoms with Crippen LogP contribution >= 0.6 is 0 Å². The smallest absolute Gasteiger partial charge is 0.339 e. The fourth-order valence-electron chi connectivity index (χ4n) is 3.99. The summed E-state index contributed by atoms with van der Waals surface area (Å²) in [4.78, 5) is 28.7. The van der Waals surface area contributed by atoms with E-state index in [2.05, 4.69) is 10.3 Å². The number of carbonyl (C=O) groups excluding carboxylic acids is 1. The third-order valence-corrected chi connectivity index (χ3v) is 6.11. The first-order valence-corrected chi connectivity index (χ1v) is 12.2. The third-order valence-electron chi connectivity index (χ3n) is 6.11. The molecule has 0 unspecified atom stereocenters. The maximum atomic E-state index is 16.1. The predicted molar refractivity (Wildman–Crippen MR) is 146 cm³/mol. The summed E-state index contributed by atoms with van der Waals surface area (Å²) in [5, 5.41) is 14.0. The van der Waals surface area contributed by atoms with Crippen LogP contribution in [0, 0.1) is 11.2 Å². The Labute approximate surface area is 225 Å². The Morgan fingerprint density at radius 2 is 1.74 bits per heavy atom. The minimum Gasteiger partial charge on any atom is -0.497 e. The van der Waals surface area contributed by atoms with Crippen LogP contribution in [0.4, 0.5) is 10.1 Å². The fraction of sp³-hybridized carbons (Fsp3) is 0.233. The molecule has 0 saturated carbocycles. The first-order chi connectivity index (χ1) is 18.5. The highest BCUT2D eigenvalue weighted by Crippen LogP contribution is 2.37. The number of hydrogen-bond donors (Lipinski definition) is 2. The van der Waals surface area contributed by atoms with Crippen LogP contribution in [0.5, 0.6) is 17.2 Å².